The molecule has 1 heterocycles. The zero-order chi connectivity index (χ0) is 18.1. The van der Waals surface area contributed by atoms with Crippen LogP contribution in [-0.4, -0.2) is 72.0 Å². The van der Waals surface area contributed by atoms with Gasteiger partial charge in [0.25, 0.3) is 0 Å². The molecule has 0 bridgehead atoms. The van der Waals surface area contributed by atoms with E-state index in [4.69, 9.17) is 0 Å². The molecule has 140 valence electrons. The van der Waals surface area contributed by atoms with Crippen molar-refractivity contribution in [1.29, 1.82) is 0 Å². The Kier molecular flexibility index (Phi) is 8.11. The molecule has 1 aromatic carbocycles. The Balaban J connectivity index is 1.80. The first-order valence-electron chi connectivity index (χ1n) is 8.84. The SMILES string of the molecule is O=C(NCCN1CCC[C@@H](CO)C1)N(CCO)Cc1ccccc1F. The monoisotopic (exact) mass is 353 g/mol. The van der Waals surface area contributed by atoms with Crippen LogP contribution in [0, 0.1) is 11.7 Å². The van der Waals surface area contributed by atoms with Gasteiger partial charge in [-0.3, -0.25) is 0 Å². The topological polar surface area (TPSA) is 76.0 Å². The first-order valence-corrected chi connectivity index (χ1v) is 8.84. The Bertz CT molecular complexity index is 544. The fourth-order valence-electron chi connectivity index (χ4n) is 3.14. The number of urea groups is 1. The number of amides is 2. The molecule has 0 saturated carbocycles. The Labute approximate surface area is 148 Å². The second-order valence-electron chi connectivity index (χ2n) is 6.46. The molecular weight excluding hydrogens is 325 g/mol. The van der Waals surface area contributed by atoms with E-state index in [0.29, 0.717) is 18.0 Å². The van der Waals surface area contributed by atoms with Crippen LogP contribution in [0.1, 0.15) is 18.4 Å². The third-order valence-electron chi connectivity index (χ3n) is 4.54. The number of piperidine rings is 1. The number of hydrogen-bond acceptors (Lipinski definition) is 4. The average Bonchev–Trinajstić information content (AvgIpc) is 2.63. The molecule has 25 heavy (non-hydrogen) atoms. The van der Waals surface area contributed by atoms with Crippen molar-refractivity contribution in [3.05, 3.63) is 35.6 Å². The van der Waals surface area contributed by atoms with E-state index in [-0.39, 0.29) is 38.2 Å². The lowest BCUT2D eigenvalue weighted by Gasteiger charge is -2.32. The van der Waals surface area contributed by atoms with Crippen LogP contribution in [0.25, 0.3) is 0 Å². The molecule has 1 saturated heterocycles. The minimum Gasteiger partial charge on any atom is -0.396 e. The minimum atomic E-state index is -0.360. The summed E-state index contributed by atoms with van der Waals surface area (Å²) in [6.07, 6.45) is 2.11. The highest BCUT2D eigenvalue weighted by Crippen LogP contribution is 2.15. The van der Waals surface area contributed by atoms with Crippen LogP contribution in [0.15, 0.2) is 24.3 Å². The Morgan fingerprint density at radius 3 is 2.88 bits per heavy atom. The van der Waals surface area contributed by atoms with Crippen molar-refractivity contribution >= 4 is 6.03 Å². The largest absolute Gasteiger partial charge is 0.396 e. The van der Waals surface area contributed by atoms with Gasteiger partial charge in [0.05, 0.1) is 13.2 Å². The average molecular weight is 353 g/mol. The van der Waals surface area contributed by atoms with E-state index in [1.54, 1.807) is 18.2 Å². The summed E-state index contributed by atoms with van der Waals surface area (Å²) in [6.45, 7) is 3.32. The quantitative estimate of drug-likeness (QED) is 0.653. The van der Waals surface area contributed by atoms with Crippen molar-refractivity contribution in [2.75, 3.05) is 45.9 Å². The highest BCUT2D eigenvalue weighted by Gasteiger charge is 2.19. The van der Waals surface area contributed by atoms with Crippen LogP contribution in [0.4, 0.5) is 9.18 Å². The molecule has 2 amide bonds. The van der Waals surface area contributed by atoms with Crippen LogP contribution in [0.3, 0.4) is 0 Å². The molecule has 0 aliphatic carbocycles. The molecule has 1 aliphatic heterocycles. The first kappa shape index (κ1) is 19.6. The predicted molar refractivity (Wildman–Crippen MR) is 93.5 cm³/mol. The number of nitrogens with zero attached hydrogens (tertiary/aromatic N) is 2. The van der Waals surface area contributed by atoms with Gasteiger partial charge in [0, 0.05) is 38.3 Å². The Morgan fingerprint density at radius 1 is 1.36 bits per heavy atom. The van der Waals surface area contributed by atoms with Crippen LogP contribution in [0.2, 0.25) is 0 Å². The van der Waals surface area contributed by atoms with Gasteiger partial charge < -0.3 is 25.3 Å². The molecule has 0 radical (unpaired) electrons. The van der Waals surface area contributed by atoms with Gasteiger partial charge in [-0.25, -0.2) is 9.18 Å². The zero-order valence-electron chi connectivity index (χ0n) is 14.5. The van der Waals surface area contributed by atoms with Crippen LogP contribution < -0.4 is 5.32 Å². The fraction of sp³-hybridized carbons (Fsp3) is 0.611. The molecule has 0 spiro atoms. The summed E-state index contributed by atoms with van der Waals surface area (Å²) in [7, 11) is 0. The number of aliphatic hydroxyl groups is 2. The first-order chi connectivity index (χ1) is 12.1. The van der Waals surface area contributed by atoms with E-state index in [2.05, 4.69) is 10.2 Å². The number of carbonyl (C=O) groups excluding carboxylic acids is 1. The number of carbonyl (C=O) groups is 1. The van der Waals surface area contributed by atoms with Crippen molar-refractivity contribution in [1.82, 2.24) is 15.1 Å². The predicted octanol–water partition coefficient (Wildman–Crippen LogP) is 1.03. The molecule has 0 aromatic heterocycles. The second-order valence-corrected chi connectivity index (χ2v) is 6.46. The van der Waals surface area contributed by atoms with E-state index in [1.165, 1.54) is 11.0 Å². The van der Waals surface area contributed by atoms with E-state index in [9.17, 15) is 19.4 Å². The van der Waals surface area contributed by atoms with E-state index in [0.717, 1.165) is 32.5 Å². The summed E-state index contributed by atoms with van der Waals surface area (Å²) >= 11 is 0. The maximum absolute atomic E-state index is 13.8. The molecule has 1 atom stereocenters. The van der Waals surface area contributed by atoms with E-state index >= 15 is 0 Å². The number of halogens is 1. The standard InChI is InChI=1S/C18H28FN3O3/c19-17-6-2-1-5-16(17)13-22(10-11-23)18(25)20-7-9-21-8-3-4-15(12-21)14-24/h1-2,5-6,15,23-24H,3-4,7-14H2,(H,20,25)/t15-/m1/s1. The lowest BCUT2D eigenvalue weighted by molar-refractivity contribution is 0.120. The molecule has 1 aromatic rings. The number of rotatable bonds is 8. The smallest absolute Gasteiger partial charge is 0.317 e. The van der Waals surface area contributed by atoms with Crippen molar-refractivity contribution in [2.24, 2.45) is 5.92 Å². The second kappa shape index (κ2) is 10.3. The van der Waals surface area contributed by atoms with Crippen molar-refractivity contribution in [3.63, 3.8) is 0 Å². The Hall–Kier alpha value is -1.70. The highest BCUT2D eigenvalue weighted by atomic mass is 19.1. The molecule has 1 fully saturated rings. The maximum Gasteiger partial charge on any atom is 0.317 e. The molecule has 2 rings (SSSR count). The summed E-state index contributed by atoms with van der Waals surface area (Å²) < 4.78 is 13.8. The normalized spacial score (nSPS) is 18.1. The number of likely N-dealkylation sites (tertiary alicyclic amines) is 1. The molecule has 7 heteroatoms. The molecule has 6 nitrogen and oxygen atoms in total. The molecule has 1 aliphatic rings. The minimum absolute atomic E-state index is 0.120. The van der Waals surface area contributed by atoms with Gasteiger partial charge in [-0.1, -0.05) is 18.2 Å². The summed E-state index contributed by atoms with van der Waals surface area (Å²) in [5.41, 5.74) is 0.424. The van der Waals surface area contributed by atoms with Crippen molar-refractivity contribution < 1.29 is 19.4 Å². The summed E-state index contributed by atoms with van der Waals surface area (Å²) in [4.78, 5) is 16.0. The van der Waals surface area contributed by atoms with Gasteiger partial charge in [-0.05, 0) is 31.4 Å². The highest BCUT2D eigenvalue weighted by molar-refractivity contribution is 5.74. The van der Waals surface area contributed by atoms with Gasteiger partial charge in [0.2, 0.25) is 0 Å². The number of hydrogen-bond donors (Lipinski definition) is 3. The molecular formula is C18H28FN3O3. The third-order valence-corrected chi connectivity index (χ3v) is 4.54. The van der Waals surface area contributed by atoms with E-state index < -0.39 is 0 Å². The molecule has 3 N–H and O–H groups in total. The zero-order valence-corrected chi connectivity index (χ0v) is 14.5. The van der Waals surface area contributed by atoms with E-state index in [1.807, 2.05) is 0 Å². The lowest BCUT2D eigenvalue weighted by Crippen LogP contribution is -2.45. The van der Waals surface area contributed by atoms with Gasteiger partial charge in [-0.2, -0.15) is 0 Å². The molecule has 0 unspecified atom stereocenters. The van der Waals surface area contributed by atoms with Crippen molar-refractivity contribution in [3.8, 4) is 0 Å². The number of nitrogens with one attached hydrogen (secondary N) is 1. The summed E-state index contributed by atoms with van der Waals surface area (Å²) in [5.74, 6) is -0.0435. The number of benzene rings is 1. The van der Waals surface area contributed by atoms with Crippen LogP contribution in [0.5, 0.6) is 0 Å². The summed E-state index contributed by atoms with van der Waals surface area (Å²) in [6, 6.07) is 6.01. The lowest BCUT2D eigenvalue weighted by atomic mass is 9.99. The van der Waals surface area contributed by atoms with Gasteiger partial charge in [0.1, 0.15) is 5.82 Å². The number of aliphatic hydroxyl groups excluding tert-OH is 2. The van der Waals surface area contributed by atoms with Gasteiger partial charge in [0.15, 0.2) is 0 Å². The van der Waals surface area contributed by atoms with Crippen LogP contribution in [-0.2, 0) is 6.54 Å². The summed E-state index contributed by atoms with van der Waals surface area (Å²) in [5, 5.41) is 21.3. The third kappa shape index (κ3) is 6.26. The Morgan fingerprint density at radius 2 is 2.16 bits per heavy atom. The maximum atomic E-state index is 13.8. The van der Waals surface area contributed by atoms with Gasteiger partial charge >= 0.3 is 6.03 Å². The van der Waals surface area contributed by atoms with Gasteiger partial charge in [-0.15, -0.1) is 0 Å². The van der Waals surface area contributed by atoms with Crippen LogP contribution >= 0.6 is 0 Å². The van der Waals surface area contributed by atoms with Crippen molar-refractivity contribution in [2.45, 2.75) is 19.4 Å². The fourth-order valence-corrected chi connectivity index (χ4v) is 3.14.